The van der Waals surface area contributed by atoms with Crippen molar-refractivity contribution in [3.05, 3.63) is 11.4 Å². The van der Waals surface area contributed by atoms with E-state index in [-0.39, 0.29) is 19.3 Å². The monoisotopic (exact) mass is 289 g/mol. The van der Waals surface area contributed by atoms with Gasteiger partial charge >= 0.3 is 5.97 Å². The van der Waals surface area contributed by atoms with Gasteiger partial charge in [-0.25, -0.2) is 18.3 Å². The number of ether oxygens (including phenoxy) is 2. The Balaban J connectivity index is 2.09. The molecule has 0 radical (unpaired) electrons. The highest BCUT2D eigenvalue weighted by Crippen LogP contribution is 2.23. The van der Waals surface area contributed by atoms with Crippen LogP contribution in [0.5, 0.6) is 0 Å². The molecule has 0 aliphatic carbocycles. The third-order valence-electron chi connectivity index (χ3n) is 3.14. The summed E-state index contributed by atoms with van der Waals surface area (Å²) in [5.74, 6) is -0.869. The average molecular weight is 289 g/mol. The summed E-state index contributed by atoms with van der Waals surface area (Å²) in [5.41, 5.74) is -0.893. The molecule has 1 saturated heterocycles. The summed E-state index contributed by atoms with van der Waals surface area (Å²) in [7, 11) is 0. The molecule has 1 aromatic rings. The van der Waals surface area contributed by atoms with Crippen LogP contribution < -0.4 is 0 Å². The van der Waals surface area contributed by atoms with Gasteiger partial charge in [0.2, 0.25) is 0 Å². The van der Waals surface area contributed by atoms with E-state index in [1.165, 1.54) is 0 Å². The Labute approximate surface area is 115 Å². The quantitative estimate of drug-likeness (QED) is 0.749. The summed E-state index contributed by atoms with van der Waals surface area (Å²) >= 11 is 0. The highest BCUT2D eigenvalue weighted by Gasteiger charge is 2.28. The second-order valence-corrected chi connectivity index (χ2v) is 4.49. The topological polar surface area (TPSA) is 66.2 Å². The summed E-state index contributed by atoms with van der Waals surface area (Å²) < 4.78 is 37.4. The molecular weight excluding hydrogens is 272 g/mol. The van der Waals surface area contributed by atoms with Gasteiger partial charge in [-0.05, 0) is 26.2 Å². The molecule has 8 heteroatoms. The summed E-state index contributed by atoms with van der Waals surface area (Å²) in [6.45, 7) is 2.65. The predicted molar refractivity (Wildman–Crippen MR) is 64.5 cm³/mol. The number of hydrogen-bond acceptors (Lipinski definition) is 5. The first kappa shape index (κ1) is 14.8. The van der Waals surface area contributed by atoms with Crippen LogP contribution in [0.15, 0.2) is 0 Å². The van der Waals surface area contributed by atoms with Crippen LogP contribution in [0, 0.1) is 0 Å². The van der Waals surface area contributed by atoms with Crippen molar-refractivity contribution in [1.29, 1.82) is 0 Å². The van der Waals surface area contributed by atoms with Gasteiger partial charge in [-0.15, -0.1) is 5.10 Å². The second kappa shape index (κ2) is 6.74. The minimum absolute atomic E-state index is 0.0655. The Bertz CT molecular complexity index is 459. The number of aryl methyl sites for hydroxylation is 1. The van der Waals surface area contributed by atoms with E-state index in [0.717, 1.165) is 17.5 Å². The molecule has 0 saturated carbocycles. The van der Waals surface area contributed by atoms with Crippen LogP contribution in [-0.4, -0.2) is 40.3 Å². The molecule has 0 spiro atoms. The summed E-state index contributed by atoms with van der Waals surface area (Å²) in [5, 5.41) is 7.15. The number of aromatic nitrogens is 3. The number of rotatable bonds is 6. The van der Waals surface area contributed by atoms with Crippen LogP contribution in [0.2, 0.25) is 0 Å². The molecule has 2 heterocycles. The highest BCUT2D eigenvalue weighted by atomic mass is 19.3. The molecular formula is C12H17F2N3O3. The number of carbonyl (C=O) groups is 1. The van der Waals surface area contributed by atoms with E-state index in [0.29, 0.717) is 13.0 Å². The maximum absolute atomic E-state index is 13.1. The van der Waals surface area contributed by atoms with Crippen molar-refractivity contribution in [2.45, 2.75) is 45.3 Å². The van der Waals surface area contributed by atoms with E-state index in [2.05, 4.69) is 10.3 Å². The van der Waals surface area contributed by atoms with Crippen molar-refractivity contribution in [2.75, 3.05) is 13.2 Å². The summed E-state index contributed by atoms with van der Waals surface area (Å²) in [6.07, 6.45) is -0.281. The molecule has 0 aromatic carbocycles. The molecule has 1 aliphatic heterocycles. The van der Waals surface area contributed by atoms with Crippen molar-refractivity contribution in [3.63, 3.8) is 0 Å². The fraction of sp³-hybridized carbons (Fsp3) is 0.750. The molecule has 0 amide bonds. The van der Waals surface area contributed by atoms with Crippen molar-refractivity contribution >= 4 is 5.97 Å². The molecule has 6 nitrogen and oxygen atoms in total. The molecule has 1 aliphatic rings. The second-order valence-electron chi connectivity index (χ2n) is 4.49. The maximum Gasteiger partial charge on any atom is 0.361 e. The molecule has 20 heavy (non-hydrogen) atoms. The van der Waals surface area contributed by atoms with Crippen molar-refractivity contribution in [1.82, 2.24) is 15.0 Å². The average Bonchev–Trinajstić information content (AvgIpc) is 3.05. The zero-order valence-electron chi connectivity index (χ0n) is 11.2. The number of alkyl halides is 2. The lowest BCUT2D eigenvalue weighted by molar-refractivity contribution is 0.0506. The molecule has 1 atom stereocenters. The molecule has 0 N–H and O–H groups in total. The van der Waals surface area contributed by atoms with Crippen LogP contribution in [0.25, 0.3) is 0 Å². The number of carbonyl (C=O) groups excluding carboxylic acids is 1. The van der Waals surface area contributed by atoms with Gasteiger partial charge in [0.1, 0.15) is 5.69 Å². The Morgan fingerprint density at radius 1 is 1.60 bits per heavy atom. The van der Waals surface area contributed by atoms with E-state index in [4.69, 9.17) is 9.47 Å². The predicted octanol–water partition coefficient (Wildman–Crippen LogP) is 1.96. The fourth-order valence-electron chi connectivity index (χ4n) is 2.18. The third kappa shape index (κ3) is 3.30. The van der Waals surface area contributed by atoms with Crippen LogP contribution in [0.4, 0.5) is 8.78 Å². The zero-order valence-corrected chi connectivity index (χ0v) is 11.2. The molecule has 0 bridgehead atoms. The minimum atomic E-state index is -2.83. The van der Waals surface area contributed by atoms with E-state index in [1.54, 1.807) is 6.92 Å². The first-order valence-corrected chi connectivity index (χ1v) is 6.63. The Kier molecular flexibility index (Phi) is 4.99. The molecule has 2 rings (SSSR count). The first-order chi connectivity index (χ1) is 9.63. The summed E-state index contributed by atoms with van der Waals surface area (Å²) in [6, 6.07) is 0. The van der Waals surface area contributed by atoms with Gasteiger partial charge in [0.05, 0.1) is 12.7 Å². The summed E-state index contributed by atoms with van der Waals surface area (Å²) in [4.78, 5) is 11.5. The Morgan fingerprint density at radius 3 is 3.00 bits per heavy atom. The largest absolute Gasteiger partial charge is 0.461 e. The number of nitrogens with zero attached hydrogens (tertiary/aromatic N) is 3. The standard InChI is InChI=1S/C12H17F2N3O3/c1-2-19-12(18)9-10(11(13)14)17(16-15-9)6-5-8-4-3-7-20-8/h8,11H,2-7H2,1H3. The number of hydrogen-bond donors (Lipinski definition) is 0. The van der Waals surface area contributed by atoms with Crippen LogP contribution in [0.1, 0.15) is 48.8 Å². The van der Waals surface area contributed by atoms with Gasteiger partial charge in [0, 0.05) is 13.2 Å². The van der Waals surface area contributed by atoms with Crippen molar-refractivity contribution in [2.24, 2.45) is 0 Å². The van der Waals surface area contributed by atoms with E-state index in [9.17, 15) is 13.6 Å². The lowest BCUT2D eigenvalue weighted by Gasteiger charge is -2.10. The molecule has 112 valence electrons. The van der Waals surface area contributed by atoms with Gasteiger partial charge < -0.3 is 9.47 Å². The lowest BCUT2D eigenvalue weighted by atomic mass is 10.2. The number of esters is 1. The maximum atomic E-state index is 13.1. The van der Waals surface area contributed by atoms with Gasteiger partial charge in [-0.3, -0.25) is 0 Å². The van der Waals surface area contributed by atoms with Crippen molar-refractivity contribution < 1.29 is 23.0 Å². The fourth-order valence-corrected chi connectivity index (χ4v) is 2.18. The van der Waals surface area contributed by atoms with Crippen molar-refractivity contribution in [3.8, 4) is 0 Å². The van der Waals surface area contributed by atoms with Gasteiger partial charge in [-0.1, -0.05) is 5.21 Å². The zero-order chi connectivity index (χ0) is 14.5. The van der Waals surface area contributed by atoms with E-state index < -0.39 is 23.8 Å². The van der Waals surface area contributed by atoms with Crippen LogP contribution >= 0.6 is 0 Å². The number of halogens is 2. The normalized spacial score (nSPS) is 18.7. The van der Waals surface area contributed by atoms with Gasteiger partial charge in [0.25, 0.3) is 6.43 Å². The van der Waals surface area contributed by atoms with Gasteiger partial charge in [-0.2, -0.15) is 0 Å². The highest BCUT2D eigenvalue weighted by molar-refractivity contribution is 5.88. The molecule has 1 aromatic heterocycles. The Hall–Kier alpha value is -1.57. The van der Waals surface area contributed by atoms with Crippen LogP contribution in [-0.2, 0) is 16.0 Å². The van der Waals surface area contributed by atoms with E-state index >= 15 is 0 Å². The SMILES string of the molecule is CCOC(=O)c1nnn(CCC2CCCO2)c1C(F)F. The molecule has 1 fully saturated rings. The van der Waals surface area contributed by atoms with Gasteiger partial charge in [0.15, 0.2) is 5.69 Å². The van der Waals surface area contributed by atoms with E-state index in [1.807, 2.05) is 0 Å². The molecule has 1 unspecified atom stereocenters. The minimum Gasteiger partial charge on any atom is -0.461 e. The third-order valence-corrected chi connectivity index (χ3v) is 3.14. The smallest absolute Gasteiger partial charge is 0.361 e. The Morgan fingerprint density at radius 2 is 2.40 bits per heavy atom. The first-order valence-electron chi connectivity index (χ1n) is 6.63. The van der Waals surface area contributed by atoms with Crippen LogP contribution in [0.3, 0.4) is 0 Å². The lowest BCUT2D eigenvalue weighted by Crippen LogP contribution is -2.15.